The second-order valence-electron chi connectivity index (χ2n) is 9.83. The summed E-state index contributed by atoms with van der Waals surface area (Å²) in [6.07, 6.45) is 0. The van der Waals surface area contributed by atoms with Gasteiger partial charge in [0.2, 0.25) is 0 Å². The standard InChI is InChI=1S/C34H21BrN2O8/c35-23-6-12-27(13-7-23)45-29-16-17-30-31(19-29)33(39)36(32(30)38)25-3-1-2-22(18-25)34(40)43-20-21-4-10-26(11-5-21)44-28-14-8-24(9-15-28)37(41)42/h1-19H,20H2. The molecule has 0 aromatic heterocycles. The quantitative estimate of drug-likeness (QED) is 0.0670. The first-order chi connectivity index (χ1) is 21.7. The molecule has 0 saturated heterocycles. The molecule has 11 heteroatoms. The topological polar surface area (TPSA) is 125 Å². The average molecular weight is 665 g/mol. The van der Waals surface area contributed by atoms with E-state index < -0.39 is 22.7 Å². The van der Waals surface area contributed by atoms with Crippen molar-refractivity contribution in [1.29, 1.82) is 0 Å². The highest BCUT2D eigenvalue weighted by atomic mass is 79.9. The Bertz CT molecular complexity index is 1940. The largest absolute Gasteiger partial charge is 0.457 e. The summed E-state index contributed by atoms with van der Waals surface area (Å²) in [4.78, 5) is 50.8. The number of hydrogen-bond acceptors (Lipinski definition) is 8. The highest BCUT2D eigenvalue weighted by Crippen LogP contribution is 2.33. The van der Waals surface area contributed by atoms with Gasteiger partial charge in [-0.2, -0.15) is 0 Å². The van der Waals surface area contributed by atoms with Crippen molar-refractivity contribution < 1.29 is 33.5 Å². The molecule has 1 aliphatic rings. The maximum atomic E-state index is 13.3. The number of fused-ring (bicyclic) bond motifs is 1. The molecule has 0 radical (unpaired) electrons. The Kier molecular flexibility index (Phi) is 8.08. The molecule has 5 aromatic rings. The van der Waals surface area contributed by atoms with Gasteiger partial charge >= 0.3 is 5.97 Å². The number of esters is 1. The minimum atomic E-state index is -0.634. The van der Waals surface area contributed by atoms with E-state index in [9.17, 15) is 24.5 Å². The average Bonchev–Trinajstić information content (AvgIpc) is 3.30. The number of hydrogen-bond donors (Lipinski definition) is 0. The van der Waals surface area contributed by atoms with Crippen LogP contribution in [0.15, 0.2) is 120 Å². The van der Waals surface area contributed by atoms with Crippen molar-refractivity contribution in [3.05, 3.63) is 152 Å². The minimum Gasteiger partial charge on any atom is -0.457 e. The predicted octanol–water partition coefficient (Wildman–Crippen LogP) is 8.10. The maximum Gasteiger partial charge on any atom is 0.338 e. The third-order valence-electron chi connectivity index (χ3n) is 6.82. The van der Waals surface area contributed by atoms with Crippen LogP contribution in [0.25, 0.3) is 0 Å². The van der Waals surface area contributed by atoms with Crippen LogP contribution < -0.4 is 14.4 Å². The van der Waals surface area contributed by atoms with Crippen LogP contribution in [-0.2, 0) is 11.3 Å². The lowest BCUT2D eigenvalue weighted by atomic mass is 10.1. The minimum absolute atomic E-state index is 0.0327. The number of nitro benzene ring substituents is 1. The number of halogens is 1. The summed E-state index contributed by atoms with van der Waals surface area (Å²) in [6.45, 7) is -0.0327. The summed E-state index contributed by atoms with van der Waals surface area (Å²) in [7, 11) is 0. The summed E-state index contributed by atoms with van der Waals surface area (Å²) < 4.78 is 17.9. The fourth-order valence-corrected chi connectivity index (χ4v) is 4.85. The van der Waals surface area contributed by atoms with Crippen molar-refractivity contribution in [2.45, 2.75) is 6.61 Å². The van der Waals surface area contributed by atoms with Gasteiger partial charge in [0.05, 0.1) is 27.3 Å². The zero-order chi connectivity index (χ0) is 31.5. The van der Waals surface area contributed by atoms with Crippen molar-refractivity contribution in [3.63, 3.8) is 0 Å². The SMILES string of the molecule is O=C(OCc1ccc(Oc2ccc([N+](=O)[O-])cc2)cc1)c1cccc(N2C(=O)c3ccc(Oc4ccc(Br)cc4)cc3C2=O)c1. The van der Waals surface area contributed by atoms with Crippen LogP contribution >= 0.6 is 15.9 Å². The molecule has 0 aliphatic carbocycles. The number of carbonyl (C=O) groups excluding carboxylic acids is 3. The number of ether oxygens (including phenoxy) is 3. The summed E-state index contributed by atoms with van der Waals surface area (Å²) in [5.41, 5.74) is 1.49. The molecule has 222 valence electrons. The first-order valence-corrected chi connectivity index (χ1v) is 14.3. The number of imide groups is 1. The van der Waals surface area contributed by atoms with Crippen LogP contribution in [0.1, 0.15) is 36.6 Å². The third kappa shape index (κ3) is 6.43. The highest BCUT2D eigenvalue weighted by molar-refractivity contribution is 9.10. The van der Waals surface area contributed by atoms with Gasteiger partial charge in [0, 0.05) is 16.6 Å². The third-order valence-corrected chi connectivity index (χ3v) is 7.35. The van der Waals surface area contributed by atoms with Crippen molar-refractivity contribution >= 4 is 45.1 Å². The molecule has 2 amide bonds. The van der Waals surface area contributed by atoms with Crippen molar-refractivity contribution in [3.8, 4) is 23.0 Å². The summed E-state index contributed by atoms with van der Waals surface area (Å²) in [5, 5.41) is 10.8. The predicted molar refractivity (Wildman–Crippen MR) is 167 cm³/mol. The Balaban J connectivity index is 1.09. The Morgan fingerprint density at radius 1 is 0.711 bits per heavy atom. The number of anilines is 1. The van der Waals surface area contributed by atoms with Crippen LogP contribution in [0.5, 0.6) is 23.0 Å². The fraction of sp³-hybridized carbons (Fsp3) is 0.0294. The smallest absolute Gasteiger partial charge is 0.338 e. The Morgan fingerprint density at radius 3 is 1.96 bits per heavy atom. The number of rotatable bonds is 9. The van der Waals surface area contributed by atoms with Crippen molar-refractivity contribution in [2.75, 3.05) is 4.90 Å². The van der Waals surface area contributed by atoms with Crippen molar-refractivity contribution in [1.82, 2.24) is 0 Å². The molecule has 1 heterocycles. The van der Waals surface area contributed by atoms with Gasteiger partial charge < -0.3 is 14.2 Å². The second kappa shape index (κ2) is 12.4. The Morgan fingerprint density at radius 2 is 1.29 bits per heavy atom. The van der Waals surface area contributed by atoms with E-state index in [-0.39, 0.29) is 34.7 Å². The van der Waals surface area contributed by atoms with Crippen LogP contribution in [-0.4, -0.2) is 22.7 Å². The molecule has 6 rings (SSSR count). The van der Waals surface area contributed by atoms with E-state index in [0.717, 1.165) is 9.37 Å². The number of carbonyl (C=O) groups is 3. The number of benzene rings is 5. The summed E-state index contributed by atoms with van der Waals surface area (Å²) >= 11 is 3.37. The molecule has 0 fully saturated rings. The van der Waals surface area contributed by atoms with Crippen LogP contribution in [0.2, 0.25) is 0 Å². The van der Waals surface area contributed by atoms with E-state index in [2.05, 4.69) is 15.9 Å². The highest BCUT2D eigenvalue weighted by Gasteiger charge is 2.37. The van der Waals surface area contributed by atoms with Gasteiger partial charge in [-0.05, 0) is 90.5 Å². The van der Waals surface area contributed by atoms with E-state index in [1.807, 2.05) is 12.1 Å². The van der Waals surface area contributed by atoms with Gasteiger partial charge in [-0.1, -0.05) is 34.1 Å². The number of nitro groups is 1. The number of amides is 2. The Labute approximate surface area is 264 Å². The first kappa shape index (κ1) is 29.3. The zero-order valence-corrected chi connectivity index (χ0v) is 24.8. The van der Waals surface area contributed by atoms with E-state index in [0.29, 0.717) is 28.6 Å². The molecular weight excluding hydrogens is 644 g/mol. The molecule has 0 unspecified atom stereocenters. The maximum absolute atomic E-state index is 13.3. The van der Waals surface area contributed by atoms with Crippen LogP contribution in [0.4, 0.5) is 11.4 Å². The second-order valence-corrected chi connectivity index (χ2v) is 10.7. The van der Waals surface area contributed by atoms with Gasteiger partial charge in [0.1, 0.15) is 29.6 Å². The molecule has 10 nitrogen and oxygen atoms in total. The van der Waals surface area contributed by atoms with Gasteiger partial charge in [0.25, 0.3) is 17.5 Å². The molecule has 0 saturated carbocycles. The van der Waals surface area contributed by atoms with E-state index in [1.54, 1.807) is 60.7 Å². The van der Waals surface area contributed by atoms with Crippen LogP contribution in [0, 0.1) is 10.1 Å². The van der Waals surface area contributed by atoms with E-state index in [4.69, 9.17) is 14.2 Å². The molecule has 5 aromatic carbocycles. The molecule has 45 heavy (non-hydrogen) atoms. The van der Waals surface area contributed by atoms with Gasteiger partial charge in [-0.25, -0.2) is 9.69 Å². The number of nitrogens with zero attached hydrogens (tertiary/aromatic N) is 2. The first-order valence-electron chi connectivity index (χ1n) is 13.5. The number of non-ortho nitro benzene ring substituents is 1. The molecule has 0 N–H and O–H groups in total. The Hall–Kier alpha value is -5.81. The lowest BCUT2D eigenvalue weighted by Gasteiger charge is -2.15. The van der Waals surface area contributed by atoms with Crippen LogP contribution in [0.3, 0.4) is 0 Å². The lowest BCUT2D eigenvalue weighted by Crippen LogP contribution is -2.29. The zero-order valence-electron chi connectivity index (χ0n) is 23.2. The van der Waals surface area contributed by atoms with Gasteiger partial charge in [-0.15, -0.1) is 0 Å². The van der Waals surface area contributed by atoms with E-state index in [1.165, 1.54) is 42.5 Å². The molecule has 0 bridgehead atoms. The summed E-state index contributed by atoms with van der Waals surface area (Å²) in [6, 6.07) is 30.5. The van der Waals surface area contributed by atoms with Gasteiger partial charge in [0.15, 0.2) is 0 Å². The monoisotopic (exact) mass is 664 g/mol. The molecular formula is C34H21BrN2O8. The molecule has 0 atom stereocenters. The fourth-order valence-electron chi connectivity index (χ4n) is 4.59. The summed E-state index contributed by atoms with van der Waals surface area (Å²) in [5.74, 6) is 0.244. The van der Waals surface area contributed by atoms with Gasteiger partial charge in [-0.3, -0.25) is 19.7 Å². The lowest BCUT2D eigenvalue weighted by molar-refractivity contribution is -0.384. The molecule has 1 aliphatic heterocycles. The van der Waals surface area contributed by atoms with Crippen molar-refractivity contribution in [2.24, 2.45) is 0 Å². The normalized spacial score (nSPS) is 12.1. The molecule has 0 spiro atoms. The van der Waals surface area contributed by atoms with E-state index >= 15 is 0 Å².